The first kappa shape index (κ1) is 17.6. The fourth-order valence-corrected chi connectivity index (χ4v) is 2.70. The number of hydrogen-bond donors (Lipinski definition) is 0. The quantitative estimate of drug-likeness (QED) is 0.568. The van der Waals surface area contributed by atoms with E-state index in [1.807, 2.05) is 27.7 Å². The lowest BCUT2D eigenvalue weighted by Crippen LogP contribution is -2.37. The topological polar surface area (TPSA) is 63.5 Å². The Morgan fingerprint density at radius 1 is 1.24 bits per heavy atom. The van der Waals surface area contributed by atoms with E-state index in [1.54, 1.807) is 17.0 Å². The summed E-state index contributed by atoms with van der Waals surface area (Å²) in [5, 5.41) is 11.0. The molecular weight excluding hydrogens is 336 g/mol. The minimum Gasteiger partial charge on any atom is -0.338 e. The number of hydrogen-bond acceptors (Lipinski definition) is 3. The molecule has 0 aliphatic rings. The Kier molecular flexibility index (Phi) is 6.33. The van der Waals surface area contributed by atoms with Gasteiger partial charge in [0.1, 0.15) is 4.47 Å². The number of nitro benzene ring substituents is 1. The third-order valence-corrected chi connectivity index (χ3v) is 3.70. The molecule has 0 N–H and O–H groups in total. The number of nitrogens with zero attached hydrogens (tertiary/aromatic N) is 2. The van der Waals surface area contributed by atoms with Gasteiger partial charge in [-0.05, 0) is 33.8 Å². The van der Waals surface area contributed by atoms with Crippen molar-refractivity contribution in [3.05, 3.63) is 38.3 Å². The number of carbonyl (C=O) groups excluding carboxylic acids is 1. The van der Waals surface area contributed by atoms with E-state index in [0.717, 1.165) is 0 Å². The van der Waals surface area contributed by atoms with Gasteiger partial charge in [-0.25, -0.2) is 0 Å². The van der Waals surface area contributed by atoms with E-state index in [9.17, 15) is 14.9 Å². The highest BCUT2D eigenvalue weighted by Gasteiger charge is 2.24. The molecule has 0 aromatic heterocycles. The second-order valence-electron chi connectivity index (χ2n) is 5.89. The van der Waals surface area contributed by atoms with Crippen molar-refractivity contribution in [1.29, 1.82) is 0 Å². The van der Waals surface area contributed by atoms with Crippen molar-refractivity contribution in [2.24, 2.45) is 11.8 Å². The van der Waals surface area contributed by atoms with E-state index in [0.29, 0.717) is 30.5 Å². The Morgan fingerprint density at radius 3 is 2.19 bits per heavy atom. The monoisotopic (exact) mass is 356 g/mol. The molecule has 21 heavy (non-hydrogen) atoms. The van der Waals surface area contributed by atoms with Crippen LogP contribution in [-0.2, 0) is 0 Å². The van der Waals surface area contributed by atoms with Crippen molar-refractivity contribution in [2.75, 3.05) is 13.1 Å². The summed E-state index contributed by atoms with van der Waals surface area (Å²) in [6.45, 7) is 9.44. The summed E-state index contributed by atoms with van der Waals surface area (Å²) >= 11 is 3.19. The van der Waals surface area contributed by atoms with Gasteiger partial charge < -0.3 is 4.90 Å². The molecule has 1 rings (SSSR count). The van der Waals surface area contributed by atoms with Crippen molar-refractivity contribution in [2.45, 2.75) is 27.7 Å². The maximum absolute atomic E-state index is 12.7. The molecule has 0 saturated heterocycles. The highest BCUT2D eigenvalue weighted by molar-refractivity contribution is 9.10. The average molecular weight is 357 g/mol. The van der Waals surface area contributed by atoms with Crippen LogP contribution in [0.2, 0.25) is 0 Å². The molecule has 1 aromatic rings. The molecule has 0 bridgehead atoms. The number of rotatable bonds is 6. The largest absolute Gasteiger partial charge is 0.338 e. The van der Waals surface area contributed by atoms with Gasteiger partial charge in [0.05, 0.1) is 10.5 Å². The fourth-order valence-electron chi connectivity index (χ4n) is 2.12. The van der Waals surface area contributed by atoms with Crippen LogP contribution in [0.15, 0.2) is 22.7 Å². The number of amides is 1. The fraction of sp³-hybridized carbons (Fsp3) is 0.533. The van der Waals surface area contributed by atoms with E-state index >= 15 is 0 Å². The molecule has 1 amide bonds. The zero-order valence-corrected chi connectivity index (χ0v) is 14.4. The smallest absolute Gasteiger partial charge is 0.284 e. The van der Waals surface area contributed by atoms with E-state index in [1.165, 1.54) is 6.07 Å². The van der Waals surface area contributed by atoms with Crippen LogP contribution in [0, 0.1) is 22.0 Å². The summed E-state index contributed by atoms with van der Waals surface area (Å²) < 4.78 is 0.248. The van der Waals surface area contributed by atoms with Gasteiger partial charge in [0.25, 0.3) is 11.6 Å². The van der Waals surface area contributed by atoms with Crippen LogP contribution in [0.1, 0.15) is 38.1 Å². The van der Waals surface area contributed by atoms with Gasteiger partial charge in [0.15, 0.2) is 0 Å². The summed E-state index contributed by atoms with van der Waals surface area (Å²) in [6.07, 6.45) is 0. The summed E-state index contributed by atoms with van der Waals surface area (Å²) in [5.74, 6) is 0.503. The summed E-state index contributed by atoms with van der Waals surface area (Å²) in [4.78, 5) is 24.9. The SMILES string of the molecule is CC(C)CN(CC(C)C)C(=O)c1cccc([N+](=O)[O-])c1Br. The van der Waals surface area contributed by atoms with Crippen LogP contribution in [0.4, 0.5) is 5.69 Å². The van der Waals surface area contributed by atoms with E-state index < -0.39 is 4.92 Å². The first-order chi connectivity index (χ1) is 9.73. The second kappa shape index (κ2) is 7.54. The standard InChI is InChI=1S/C15H21BrN2O3/c1-10(2)8-17(9-11(3)4)15(19)12-6-5-7-13(14(12)16)18(20)21/h5-7,10-11H,8-9H2,1-4H3. The van der Waals surface area contributed by atoms with Crippen LogP contribution in [0.5, 0.6) is 0 Å². The predicted octanol–water partition coefficient (Wildman–Crippen LogP) is 4.11. The van der Waals surface area contributed by atoms with E-state index in [-0.39, 0.29) is 16.1 Å². The molecular formula is C15H21BrN2O3. The third kappa shape index (κ3) is 4.81. The van der Waals surface area contributed by atoms with Crippen molar-refractivity contribution in [1.82, 2.24) is 4.90 Å². The van der Waals surface area contributed by atoms with E-state index in [4.69, 9.17) is 0 Å². The summed E-state index contributed by atoms with van der Waals surface area (Å²) in [6, 6.07) is 4.54. The van der Waals surface area contributed by atoms with Gasteiger partial charge in [0, 0.05) is 19.2 Å². The Hall–Kier alpha value is -1.43. The van der Waals surface area contributed by atoms with Gasteiger partial charge >= 0.3 is 0 Å². The number of carbonyl (C=O) groups is 1. The molecule has 0 saturated carbocycles. The lowest BCUT2D eigenvalue weighted by molar-refractivity contribution is -0.385. The lowest BCUT2D eigenvalue weighted by Gasteiger charge is -2.26. The molecule has 1 aromatic carbocycles. The summed E-state index contributed by atoms with van der Waals surface area (Å²) in [5.41, 5.74) is 0.250. The minimum atomic E-state index is -0.490. The van der Waals surface area contributed by atoms with Gasteiger partial charge in [0.2, 0.25) is 0 Å². The average Bonchev–Trinajstić information content (AvgIpc) is 2.36. The molecule has 0 heterocycles. The molecule has 116 valence electrons. The van der Waals surface area contributed by atoms with Crippen LogP contribution in [-0.4, -0.2) is 28.8 Å². The van der Waals surface area contributed by atoms with Gasteiger partial charge in [-0.15, -0.1) is 0 Å². The zero-order valence-electron chi connectivity index (χ0n) is 12.8. The molecule has 0 aliphatic carbocycles. The first-order valence-corrected chi connectivity index (χ1v) is 7.75. The van der Waals surface area contributed by atoms with Crippen LogP contribution in [0.3, 0.4) is 0 Å². The van der Waals surface area contributed by atoms with Gasteiger partial charge in [-0.2, -0.15) is 0 Å². The molecule has 0 fully saturated rings. The number of nitro groups is 1. The van der Waals surface area contributed by atoms with Gasteiger partial charge in [-0.1, -0.05) is 33.8 Å². The Balaban J connectivity index is 3.14. The molecule has 6 heteroatoms. The third-order valence-electron chi connectivity index (χ3n) is 2.86. The molecule has 0 radical (unpaired) electrons. The van der Waals surface area contributed by atoms with E-state index in [2.05, 4.69) is 15.9 Å². The first-order valence-electron chi connectivity index (χ1n) is 6.96. The second-order valence-corrected chi connectivity index (χ2v) is 6.69. The maximum atomic E-state index is 12.7. The Bertz CT molecular complexity index is 520. The predicted molar refractivity (Wildman–Crippen MR) is 86.4 cm³/mol. The van der Waals surface area contributed by atoms with Crippen LogP contribution < -0.4 is 0 Å². The number of benzene rings is 1. The zero-order chi connectivity index (χ0) is 16.2. The van der Waals surface area contributed by atoms with Crippen molar-refractivity contribution < 1.29 is 9.72 Å². The molecule has 5 nitrogen and oxygen atoms in total. The molecule has 0 unspecified atom stereocenters. The summed E-state index contributed by atoms with van der Waals surface area (Å²) in [7, 11) is 0. The van der Waals surface area contributed by atoms with Crippen molar-refractivity contribution in [3.8, 4) is 0 Å². The Labute approximate surface area is 133 Å². The van der Waals surface area contributed by atoms with Crippen molar-refractivity contribution in [3.63, 3.8) is 0 Å². The Morgan fingerprint density at radius 2 is 1.76 bits per heavy atom. The lowest BCUT2D eigenvalue weighted by atomic mass is 10.1. The molecule has 0 aliphatic heterocycles. The minimum absolute atomic E-state index is 0.0881. The number of halogens is 1. The van der Waals surface area contributed by atoms with Crippen molar-refractivity contribution >= 4 is 27.5 Å². The highest BCUT2D eigenvalue weighted by atomic mass is 79.9. The normalized spacial score (nSPS) is 11.0. The molecule has 0 atom stereocenters. The molecule has 0 spiro atoms. The van der Waals surface area contributed by atoms with Crippen LogP contribution >= 0.6 is 15.9 Å². The highest BCUT2D eigenvalue weighted by Crippen LogP contribution is 2.29. The maximum Gasteiger partial charge on any atom is 0.284 e. The van der Waals surface area contributed by atoms with Crippen LogP contribution in [0.25, 0.3) is 0 Å². The van der Waals surface area contributed by atoms with Gasteiger partial charge in [-0.3, -0.25) is 14.9 Å².